The van der Waals surface area contributed by atoms with Gasteiger partial charge in [-0.1, -0.05) is 6.08 Å². The molecule has 0 aromatic carbocycles. The summed E-state index contributed by atoms with van der Waals surface area (Å²) in [7, 11) is 2.48. The van der Waals surface area contributed by atoms with Gasteiger partial charge < -0.3 is 19.2 Å². The first-order valence-corrected chi connectivity index (χ1v) is 7.57. The van der Waals surface area contributed by atoms with Crippen LogP contribution in [0.3, 0.4) is 0 Å². The van der Waals surface area contributed by atoms with E-state index in [1.807, 2.05) is 0 Å². The van der Waals surface area contributed by atoms with Gasteiger partial charge in [-0.25, -0.2) is 9.59 Å². The fourth-order valence-electron chi connectivity index (χ4n) is 2.72. The van der Waals surface area contributed by atoms with Crippen molar-refractivity contribution in [3.8, 4) is 0 Å². The molecule has 26 heavy (non-hydrogen) atoms. The Labute approximate surface area is 149 Å². The summed E-state index contributed by atoms with van der Waals surface area (Å²) in [6.45, 7) is 3.37. The van der Waals surface area contributed by atoms with Crippen molar-refractivity contribution in [3.05, 3.63) is 56.6 Å². The predicted octanol–water partition coefficient (Wildman–Crippen LogP) is 2.31. The fourth-order valence-corrected chi connectivity index (χ4v) is 2.72. The second-order valence-corrected chi connectivity index (χ2v) is 5.46. The van der Waals surface area contributed by atoms with Crippen LogP contribution in [-0.2, 0) is 19.1 Å². The number of allylic oxidation sites excluding steroid dienone is 3. The first-order chi connectivity index (χ1) is 12.3. The van der Waals surface area contributed by atoms with Crippen molar-refractivity contribution >= 4 is 23.9 Å². The van der Waals surface area contributed by atoms with Gasteiger partial charge in [0, 0.05) is 17.3 Å². The van der Waals surface area contributed by atoms with Gasteiger partial charge in [0.25, 0.3) is 0 Å². The zero-order valence-corrected chi connectivity index (χ0v) is 14.7. The average Bonchev–Trinajstić information content (AvgIpc) is 3.07. The Bertz CT molecular complexity index is 807. The molecule has 2 rings (SSSR count). The molecular weight excluding hydrogens is 344 g/mol. The van der Waals surface area contributed by atoms with E-state index in [1.54, 1.807) is 13.8 Å². The minimum absolute atomic E-state index is 0.207. The summed E-state index contributed by atoms with van der Waals surface area (Å²) >= 11 is 0. The molecule has 0 fully saturated rings. The number of dihydropyridines is 1. The largest absolute Gasteiger partial charge is 0.466 e. The summed E-state index contributed by atoms with van der Waals surface area (Å²) in [6, 6.07) is 2.63. The van der Waals surface area contributed by atoms with Crippen molar-refractivity contribution in [1.29, 1.82) is 0 Å². The third-order valence-corrected chi connectivity index (χ3v) is 3.86. The van der Waals surface area contributed by atoms with Crippen LogP contribution < -0.4 is 5.32 Å². The second kappa shape index (κ2) is 7.68. The molecule has 1 aliphatic heterocycles. The lowest BCUT2D eigenvalue weighted by atomic mass is 9.85. The zero-order valence-electron chi connectivity index (χ0n) is 14.7. The van der Waals surface area contributed by atoms with E-state index >= 15 is 0 Å². The maximum Gasteiger partial charge on any atom is 0.433 e. The van der Waals surface area contributed by atoms with Crippen LogP contribution in [0.5, 0.6) is 0 Å². The standard InChI is InChI=1S/C17H18N2O7/c1-9-14(16(20)24-3)12(15(10(2)18-9)17(21)25-4)7-5-11-6-8-13(26-11)19(22)23/h5-8,12,18H,1-4H3. The Balaban J connectivity index is 2.49. The minimum atomic E-state index is -0.764. The molecule has 0 saturated heterocycles. The summed E-state index contributed by atoms with van der Waals surface area (Å²) in [5, 5.41) is 13.7. The average molecular weight is 362 g/mol. The zero-order chi connectivity index (χ0) is 19.4. The number of methoxy groups -OCH3 is 2. The van der Waals surface area contributed by atoms with Crippen molar-refractivity contribution in [2.45, 2.75) is 13.8 Å². The molecule has 0 saturated carbocycles. The van der Waals surface area contributed by atoms with Crippen molar-refractivity contribution in [2.24, 2.45) is 5.92 Å². The van der Waals surface area contributed by atoms with Crippen molar-refractivity contribution < 1.29 is 28.4 Å². The molecule has 138 valence electrons. The van der Waals surface area contributed by atoms with Gasteiger partial charge in [-0.3, -0.25) is 10.1 Å². The monoisotopic (exact) mass is 362 g/mol. The Morgan fingerprint density at radius 3 is 2.12 bits per heavy atom. The number of nitrogens with one attached hydrogen (secondary N) is 1. The molecule has 2 heterocycles. The van der Waals surface area contributed by atoms with Crippen molar-refractivity contribution in [3.63, 3.8) is 0 Å². The second-order valence-electron chi connectivity index (χ2n) is 5.46. The minimum Gasteiger partial charge on any atom is -0.466 e. The molecule has 0 amide bonds. The van der Waals surface area contributed by atoms with Gasteiger partial charge in [-0.05, 0) is 26.0 Å². The van der Waals surface area contributed by atoms with Crippen LogP contribution in [0.15, 0.2) is 45.2 Å². The number of nitro groups is 1. The van der Waals surface area contributed by atoms with Gasteiger partial charge in [0.2, 0.25) is 0 Å². The Kier molecular flexibility index (Phi) is 5.61. The lowest BCUT2D eigenvalue weighted by Gasteiger charge is -2.27. The highest BCUT2D eigenvalue weighted by Gasteiger charge is 2.34. The molecule has 1 aromatic heterocycles. The summed E-state index contributed by atoms with van der Waals surface area (Å²) in [5.74, 6) is -2.18. The van der Waals surface area contributed by atoms with E-state index in [0.29, 0.717) is 11.4 Å². The number of hydrogen-bond donors (Lipinski definition) is 1. The van der Waals surface area contributed by atoms with E-state index in [-0.39, 0.29) is 16.9 Å². The van der Waals surface area contributed by atoms with Gasteiger partial charge in [0.1, 0.15) is 10.7 Å². The van der Waals surface area contributed by atoms with Crippen LogP contribution in [0.25, 0.3) is 6.08 Å². The molecule has 1 N–H and O–H groups in total. The Morgan fingerprint density at radius 1 is 1.15 bits per heavy atom. The van der Waals surface area contributed by atoms with Gasteiger partial charge in [-0.2, -0.15) is 0 Å². The predicted molar refractivity (Wildman–Crippen MR) is 90.5 cm³/mol. The quantitative estimate of drug-likeness (QED) is 0.481. The molecule has 0 bridgehead atoms. The van der Waals surface area contributed by atoms with Gasteiger partial charge in [0.05, 0.1) is 31.4 Å². The van der Waals surface area contributed by atoms with Gasteiger partial charge >= 0.3 is 17.8 Å². The number of furan rings is 1. The highest BCUT2D eigenvalue weighted by Crippen LogP contribution is 2.33. The van der Waals surface area contributed by atoms with Crippen LogP contribution in [0.4, 0.5) is 5.88 Å². The van der Waals surface area contributed by atoms with Crippen molar-refractivity contribution in [2.75, 3.05) is 14.2 Å². The first-order valence-electron chi connectivity index (χ1n) is 7.57. The van der Waals surface area contributed by atoms with Gasteiger partial charge in [-0.15, -0.1) is 0 Å². The molecule has 0 aliphatic carbocycles. The van der Waals surface area contributed by atoms with E-state index in [9.17, 15) is 19.7 Å². The molecule has 9 nitrogen and oxygen atoms in total. The first kappa shape index (κ1) is 19.0. The highest BCUT2D eigenvalue weighted by atomic mass is 16.6. The normalized spacial score (nSPS) is 15.2. The number of hydrogen-bond acceptors (Lipinski definition) is 8. The van der Waals surface area contributed by atoms with Gasteiger partial charge in [0.15, 0.2) is 0 Å². The molecule has 0 atom stereocenters. The molecule has 0 spiro atoms. The maximum atomic E-state index is 12.2. The van der Waals surface area contributed by atoms with E-state index < -0.39 is 28.7 Å². The number of nitrogens with zero attached hydrogens (tertiary/aromatic N) is 1. The fraction of sp³-hybridized carbons (Fsp3) is 0.294. The van der Waals surface area contributed by atoms with E-state index in [0.717, 1.165) is 0 Å². The molecule has 1 aromatic rings. The number of ether oxygens (including phenoxy) is 2. The Hall–Kier alpha value is -3.36. The number of carbonyl (C=O) groups excluding carboxylic acids is 2. The number of rotatable bonds is 5. The molecule has 1 aliphatic rings. The third-order valence-electron chi connectivity index (χ3n) is 3.86. The van der Waals surface area contributed by atoms with Crippen LogP contribution >= 0.6 is 0 Å². The Morgan fingerprint density at radius 2 is 1.69 bits per heavy atom. The SMILES string of the molecule is COC(=O)C1=C(C)NC(C)=C(C(=O)OC)C1C=Cc1ccc([N+](=O)[O-])o1. The van der Waals surface area contributed by atoms with E-state index in [4.69, 9.17) is 13.9 Å². The summed E-state index contributed by atoms with van der Waals surface area (Å²) in [5.41, 5.74) is 1.52. The third kappa shape index (κ3) is 3.66. The van der Waals surface area contributed by atoms with Crippen molar-refractivity contribution in [1.82, 2.24) is 5.32 Å². The number of carbonyl (C=O) groups is 2. The van der Waals surface area contributed by atoms with E-state index in [1.165, 1.54) is 38.5 Å². The highest BCUT2D eigenvalue weighted by molar-refractivity contribution is 5.98. The molecule has 0 radical (unpaired) electrons. The molecule has 0 unspecified atom stereocenters. The van der Waals surface area contributed by atoms with Crippen LogP contribution in [0, 0.1) is 16.0 Å². The van der Waals surface area contributed by atoms with Crippen LogP contribution in [0.1, 0.15) is 19.6 Å². The molecular formula is C17H18N2O7. The lowest BCUT2D eigenvalue weighted by molar-refractivity contribution is -0.402. The smallest absolute Gasteiger partial charge is 0.433 e. The summed E-state index contributed by atoms with van der Waals surface area (Å²) in [6.07, 6.45) is 2.99. The molecule has 9 heteroatoms. The topological polar surface area (TPSA) is 121 Å². The van der Waals surface area contributed by atoms with Crippen LogP contribution in [0.2, 0.25) is 0 Å². The maximum absolute atomic E-state index is 12.2. The van der Waals surface area contributed by atoms with Crippen LogP contribution in [-0.4, -0.2) is 31.1 Å². The summed E-state index contributed by atoms with van der Waals surface area (Å²) < 4.78 is 14.7. The number of esters is 2. The lowest BCUT2D eigenvalue weighted by Crippen LogP contribution is -2.32. The summed E-state index contributed by atoms with van der Waals surface area (Å²) in [4.78, 5) is 34.5. The van der Waals surface area contributed by atoms with E-state index in [2.05, 4.69) is 5.32 Å².